The van der Waals surface area contributed by atoms with Gasteiger partial charge in [0.1, 0.15) is 0 Å². The average molecular weight is 224 g/mol. The maximum absolute atomic E-state index is 5.72. The van der Waals surface area contributed by atoms with E-state index in [0.29, 0.717) is 5.41 Å². The largest absolute Gasteiger partial charge is 0.330 e. The van der Waals surface area contributed by atoms with E-state index in [-0.39, 0.29) is 0 Å². The van der Waals surface area contributed by atoms with E-state index in [0.717, 1.165) is 12.6 Å². The quantitative estimate of drug-likeness (QED) is 0.728. The van der Waals surface area contributed by atoms with Crippen molar-refractivity contribution in [2.24, 2.45) is 11.1 Å². The highest BCUT2D eigenvalue weighted by Gasteiger charge is 2.42. The Kier molecular flexibility index (Phi) is 4.26. The Morgan fingerprint density at radius 2 is 1.75 bits per heavy atom. The fourth-order valence-corrected chi connectivity index (χ4v) is 3.33. The zero-order valence-corrected chi connectivity index (χ0v) is 10.9. The minimum Gasteiger partial charge on any atom is -0.330 e. The Bertz CT molecular complexity index is 203. The summed E-state index contributed by atoms with van der Waals surface area (Å²) in [5, 5.41) is 0. The van der Waals surface area contributed by atoms with Gasteiger partial charge in [-0.1, -0.05) is 25.7 Å². The fraction of sp³-hybridized carbons (Fsp3) is 1.00. The molecule has 2 nitrogen and oxygen atoms in total. The zero-order chi connectivity index (χ0) is 11.4. The van der Waals surface area contributed by atoms with Gasteiger partial charge in [-0.15, -0.1) is 0 Å². The molecule has 0 bridgehead atoms. The summed E-state index contributed by atoms with van der Waals surface area (Å²) in [5.41, 5.74) is 6.34. The minimum atomic E-state index is 0.621. The van der Waals surface area contributed by atoms with Crippen molar-refractivity contribution in [2.45, 2.75) is 63.8 Å². The Labute approximate surface area is 101 Å². The lowest BCUT2D eigenvalue weighted by atomic mass is 9.99. The number of rotatable bonds is 5. The number of hydrogen-bond acceptors (Lipinski definition) is 2. The molecule has 0 aliphatic heterocycles. The SMILES string of the molecule is CN(CC1(CCN)CC1)C1CCCCCC1. The highest BCUT2D eigenvalue weighted by atomic mass is 15.1. The maximum Gasteiger partial charge on any atom is 0.00924 e. The lowest BCUT2D eigenvalue weighted by molar-refractivity contribution is 0.176. The molecular weight excluding hydrogens is 196 g/mol. The van der Waals surface area contributed by atoms with Crippen LogP contribution >= 0.6 is 0 Å². The zero-order valence-electron chi connectivity index (χ0n) is 10.9. The first-order valence-corrected chi connectivity index (χ1v) is 7.16. The van der Waals surface area contributed by atoms with E-state index in [9.17, 15) is 0 Å². The summed E-state index contributed by atoms with van der Waals surface area (Å²) in [6.45, 7) is 2.17. The molecule has 0 aromatic heterocycles. The predicted octanol–water partition coefficient (Wildman–Crippen LogP) is 2.77. The third kappa shape index (κ3) is 3.21. The summed E-state index contributed by atoms with van der Waals surface area (Å²) in [6, 6.07) is 0.859. The summed E-state index contributed by atoms with van der Waals surface area (Å²) >= 11 is 0. The Morgan fingerprint density at radius 3 is 2.25 bits per heavy atom. The second-order valence-electron chi connectivity index (χ2n) is 6.10. The van der Waals surface area contributed by atoms with Gasteiger partial charge in [0.2, 0.25) is 0 Å². The van der Waals surface area contributed by atoms with Gasteiger partial charge >= 0.3 is 0 Å². The molecule has 0 saturated heterocycles. The smallest absolute Gasteiger partial charge is 0.00924 e. The van der Waals surface area contributed by atoms with Gasteiger partial charge < -0.3 is 10.6 Å². The molecular formula is C14H28N2. The lowest BCUT2D eigenvalue weighted by Gasteiger charge is -2.30. The molecule has 2 aliphatic carbocycles. The van der Waals surface area contributed by atoms with E-state index < -0.39 is 0 Å². The van der Waals surface area contributed by atoms with Crippen molar-refractivity contribution in [1.82, 2.24) is 4.90 Å². The van der Waals surface area contributed by atoms with E-state index in [1.807, 2.05) is 0 Å². The van der Waals surface area contributed by atoms with Gasteiger partial charge in [0.15, 0.2) is 0 Å². The molecule has 16 heavy (non-hydrogen) atoms. The van der Waals surface area contributed by atoms with Crippen LogP contribution in [0.4, 0.5) is 0 Å². The molecule has 2 N–H and O–H groups in total. The van der Waals surface area contributed by atoms with Crippen LogP contribution in [0, 0.1) is 5.41 Å². The van der Waals surface area contributed by atoms with Crippen molar-refractivity contribution in [2.75, 3.05) is 20.1 Å². The van der Waals surface area contributed by atoms with Crippen molar-refractivity contribution >= 4 is 0 Å². The molecule has 0 heterocycles. The van der Waals surface area contributed by atoms with Crippen molar-refractivity contribution in [1.29, 1.82) is 0 Å². The van der Waals surface area contributed by atoms with E-state index in [1.54, 1.807) is 0 Å². The van der Waals surface area contributed by atoms with E-state index in [2.05, 4.69) is 11.9 Å². The van der Waals surface area contributed by atoms with Crippen LogP contribution in [-0.2, 0) is 0 Å². The number of nitrogens with zero attached hydrogens (tertiary/aromatic N) is 1. The van der Waals surface area contributed by atoms with E-state index in [1.165, 1.54) is 64.3 Å². The lowest BCUT2D eigenvalue weighted by Crippen LogP contribution is -2.36. The number of nitrogens with two attached hydrogens (primary N) is 1. The first kappa shape index (κ1) is 12.4. The van der Waals surface area contributed by atoms with Gasteiger partial charge in [0, 0.05) is 12.6 Å². The molecule has 2 saturated carbocycles. The Balaban J connectivity index is 1.79. The van der Waals surface area contributed by atoms with Gasteiger partial charge in [-0.2, -0.15) is 0 Å². The normalized spacial score (nSPS) is 25.7. The van der Waals surface area contributed by atoms with Gasteiger partial charge in [-0.3, -0.25) is 0 Å². The van der Waals surface area contributed by atoms with Gasteiger partial charge in [-0.25, -0.2) is 0 Å². The highest BCUT2D eigenvalue weighted by molar-refractivity contribution is 4.96. The molecule has 0 atom stereocenters. The predicted molar refractivity (Wildman–Crippen MR) is 69.5 cm³/mol. The van der Waals surface area contributed by atoms with Crippen molar-refractivity contribution in [3.05, 3.63) is 0 Å². The average Bonchev–Trinajstić information content (AvgIpc) is 3.02. The summed E-state index contributed by atoms with van der Waals surface area (Å²) < 4.78 is 0. The van der Waals surface area contributed by atoms with E-state index in [4.69, 9.17) is 5.73 Å². The Hall–Kier alpha value is -0.0800. The first-order chi connectivity index (χ1) is 7.76. The van der Waals surface area contributed by atoms with Crippen molar-refractivity contribution in [3.8, 4) is 0 Å². The minimum absolute atomic E-state index is 0.621. The maximum atomic E-state index is 5.72. The van der Waals surface area contributed by atoms with Crippen molar-refractivity contribution < 1.29 is 0 Å². The number of hydrogen-bond donors (Lipinski definition) is 1. The van der Waals surface area contributed by atoms with Crippen LogP contribution in [0.15, 0.2) is 0 Å². The molecule has 2 rings (SSSR count). The standard InChI is InChI=1S/C14H28N2/c1-16(12-14(8-9-14)10-11-15)13-6-4-2-3-5-7-13/h13H,2-12,15H2,1H3. The molecule has 0 aromatic rings. The molecule has 0 spiro atoms. The molecule has 0 unspecified atom stereocenters. The van der Waals surface area contributed by atoms with Crippen LogP contribution in [0.3, 0.4) is 0 Å². The second kappa shape index (κ2) is 5.50. The summed E-state index contributed by atoms with van der Waals surface area (Å²) in [6.07, 6.45) is 12.7. The summed E-state index contributed by atoms with van der Waals surface area (Å²) in [7, 11) is 2.34. The second-order valence-corrected chi connectivity index (χ2v) is 6.10. The van der Waals surface area contributed by atoms with Gasteiger partial charge in [-0.05, 0) is 51.1 Å². The Morgan fingerprint density at radius 1 is 1.12 bits per heavy atom. The van der Waals surface area contributed by atoms with Crippen LogP contribution in [0.5, 0.6) is 0 Å². The molecule has 0 amide bonds. The first-order valence-electron chi connectivity index (χ1n) is 7.16. The third-order valence-corrected chi connectivity index (χ3v) is 4.66. The van der Waals surface area contributed by atoms with Crippen LogP contribution in [0.2, 0.25) is 0 Å². The topological polar surface area (TPSA) is 29.3 Å². The summed E-state index contributed by atoms with van der Waals surface area (Å²) in [5.74, 6) is 0. The van der Waals surface area contributed by atoms with Crippen molar-refractivity contribution in [3.63, 3.8) is 0 Å². The van der Waals surface area contributed by atoms with Crippen LogP contribution in [0.25, 0.3) is 0 Å². The van der Waals surface area contributed by atoms with E-state index >= 15 is 0 Å². The fourth-order valence-electron chi connectivity index (χ4n) is 3.33. The molecule has 94 valence electrons. The molecule has 2 fully saturated rings. The third-order valence-electron chi connectivity index (χ3n) is 4.66. The van der Waals surface area contributed by atoms with Crippen LogP contribution in [-0.4, -0.2) is 31.1 Å². The molecule has 0 radical (unpaired) electrons. The summed E-state index contributed by atoms with van der Waals surface area (Å²) in [4.78, 5) is 2.65. The molecule has 0 aromatic carbocycles. The highest BCUT2D eigenvalue weighted by Crippen LogP contribution is 2.49. The van der Waals surface area contributed by atoms with Gasteiger partial charge in [0.25, 0.3) is 0 Å². The molecule has 2 heteroatoms. The van der Waals surface area contributed by atoms with Gasteiger partial charge in [0.05, 0.1) is 0 Å². The van der Waals surface area contributed by atoms with Crippen LogP contribution in [0.1, 0.15) is 57.8 Å². The molecule has 2 aliphatic rings. The monoisotopic (exact) mass is 224 g/mol. The van der Waals surface area contributed by atoms with Crippen LogP contribution < -0.4 is 5.73 Å².